The van der Waals surface area contributed by atoms with Gasteiger partial charge in [0.25, 0.3) is 0 Å². The Morgan fingerprint density at radius 1 is 1.31 bits per heavy atom. The van der Waals surface area contributed by atoms with E-state index < -0.39 is 17.2 Å². The molecule has 0 aliphatic heterocycles. The second kappa shape index (κ2) is 3.48. The van der Waals surface area contributed by atoms with Crippen LogP contribution >= 0.6 is 0 Å². The molecule has 0 saturated carbocycles. The summed E-state index contributed by atoms with van der Waals surface area (Å²) in [6, 6.07) is 4.31. The molecule has 0 aliphatic carbocycles. The molecule has 1 aromatic heterocycles. The molecule has 0 spiro atoms. The lowest BCUT2D eigenvalue weighted by Gasteiger charge is -2.01. The second-order valence-corrected chi connectivity index (χ2v) is 3.55. The average Bonchev–Trinajstić information content (AvgIpc) is 2.43. The topological polar surface area (TPSA) is 59.8 Å². The standard InChI is InChI=1S/C10H10FN3O2/c1-6-3-4-8(7(11)5-6)14-9(15)12-13(2)10(14)16/h3-5H,1-2H3,(H,12,15). The number of H-pyrrole nitrogens is 1. The van der Waals surface area contributed by atoms with E-state index in [1.54, 1.807) is 13.0 Å². The van der Waals surface area contributed by atoms with Crippen LogP contribution in [0.15, 0.2) is 27.8 Å². The predicted octanol–water partition coefficient (Wildman–Crippen LogP) is 0.312. The van der Waals surface area contributed by atoms with Crippen molar-refractivity contribution < 1.29 is 4.39 Å². The zero-order valence-electron chi connectivity index (χ0n) is 8.82. The molecule has 0 radical (unpaired) electrons. The van der Waals surface area contributed by atoms with Gasteiger partial charge in [0.15, 0.2) is 0 Å². The minimum Gasteiger partial charge on any atom is -0.246 e. The molecule has 2 rings (SSSR count). The molecule has 16 heavy (non-hydrogen) atoms. The van der Waals surface area contributed by atoms with Crippen molar-refractivity contribution in [2.24, 2.45) is 7.05 Å². The predicted molar refractivity (Wildman–Crippen MR) is 56.3 cm³/mol. The Morgan fingerprint density at radius 3 is 2.50 bits per heavy atom. The number of nitrogens with zero attached hydrogens (tertiary/aromatic N) is 2. The number of aryl methyl sites for hydroxylation is 2. The molecule has 2 aromatic rings. The summed E-state index contributed by atoms with van der Waals surface area (Å²) >= 11 is 0. The van der Waals surface area contributed by atoms with Crippen LogP contribution in [-0.2, 0) is 7.05 Å². The van der Waals surface area contributed by atoms with E-state index in [9.17, 15) is 14.0 Å². The highest BCUT2D eigenvalue weighted by atomic mass is 19.1. The Bertz CT molecular complexity index is 651. The van der Waals surface area contributed by atoms with E-state index in [1.165, 1.54) is 19.2 Å². The number of hydrogen-bond donors (Lipinski definition) is 1. The largest absolute Gasteiger partial charge is 0.351 e. The summed E-state index contributed by atoms with van der Waals surface area (Å²) in [6.45, 7) is 1.73. The zero-order valence-corrected chi connectivity index (χ0v) is 8.82. The van der Waals surface area contributed by atoms with Gasteiger partial charge in [-0.05, 0) is 24.6 Å². The molecule has 6 heteroatoms. The summed E-state index contributed by atoms with van der Waals surface area (Å²) in [4.78, 5) is 23.0. The van der Waals surface area contributed by atoms with Crippen LogP contribution in [0.25, 0.3) is 5.69 Å². The van der Waals surface area contributed by atoms with Crippen molar-refractivity contribution >= 4 is 0 Å². The van der Waals surface area contributed by atoms with Gasteiger partial charge in [-0.3, -0.25) is 0 Å². The van der Waals surface area contributed by atoms with Gasteiger partial charge in [0.2, 0.25) is 0 Å². The normalized spacial score (nSPS) is 10.7. The van der Waals surface area contributed by atoms with Gasteiger partial charge in [0, 0.05) is 7.05 Å². The van der Waals surface area contributed by atoms with Crippen LogP contribution < -0.4 is 11.4 Å². The third kappa shape index (κ3) is 1.48. The van der Waals surface area contributed by atoms with Crippen LogP contribution in [-0.4, -0.2) is 14.3 Å². The van der Waals surface area contributed by atoms with Crippen LogP contribution in [0.5, 0.6) is 0 Å². The number of hydrogen-bond acceptors (Lipinski definition) is 2. The fraction of sp³-hybridized carbons (Fsp3) is 0.200. The molecule has 0 amide bonds. The van der Waals surface area contributed by atoms with Crippen LogP contribution in [0.2, 0.25) is 0 Å². The number of nitrogens with one attached hydrogen (secondary N) is 1. The van der Waals surface area contributed by atoms with E-state index in [0.29, 0.717) is 0 Å². The number of rotatable bonds is 1. The second-order valence-electron chi connectivity index (χ2n) is 3.55. The van der Waals surface area contributed by atoms with Gasteiger partial charge in [-0.15, -0.1) is 0 Å². The van der Waals surface area contributed by atoms with E-state index in [0.717, 1.165) is 14.8 Å². The first-order chi connectivity index (χ1) is 7.50. The number of benzene rings is 1. The molecule has 0 aliphatic rings. The fourth-order valence-corrected chi connectivity index (χ4v) is 1.48. The Kier molecular flexibility index (Phi) is 2.26. The zero-order chi connectivity index (χ0) is 11.9. The van der Waals surface area contributed by atoms with Gasteiger partial charge in [-0.1, -0.05) is 6.07 Å². The van der Waals surface area contributed by atoms with E-state index in [2.05, 4.69) is 5.10 Å². The highest BCUT2D eigenvalue weighted by Gasteiger charge is 2.12. The molecule has 1 aromatic carbocycles. The molecular formula is C10H10FN3O2. The van der Waals surface area contributed by atoms with Crippen molar-refractivity contribution in [2.45, 2.75) is 6.92 Å². The van der Waals surface area contributed by atoms with Crippen molar-refractivity contribution in [1.82, 2.24) is 14.3 Å². The Morgan fingerprint density at radius 2 is 2.00 bits per heavy atom. The first-order valence-electron chi connectivity index (χ1n) is 4.65. The molecule has 0 atom stereocenters. The van der Waals surface area contributed by atoms with Crippen molar-refractivity contribution in [3.63, 3.8) is 0 Å². The summed E-state index contributed by atoms with van der Waals surface area (Å²) in [5.41, 5.74) is -0.581. The van der Waals surface area contributed by atoms with Gasteiger partial charge in [-0.2, -0.15) is 0 Å². The van der Waals surface area contributed by atoms with Crippen LogP contribution in [0.1, 0.15) is 5.56 Å². The number of aromatic nitrogens is 3. The maximum atomic E-state index is 13.6. The summed E-state index contributed by atoms with van der Waals surface area (Å²) in [6.07, 6.45) is 0. The van der Waals surface area contributed by atoms with Crippen LogP contribution in [0.4, 0.5) is 4.39 Å². The molecule has 5 nitrogen and oxygen atoms in total. The lowest BCUT2D eigenvalue weighted by molar-refractivity contribution is 0.612. The third-order valence-electron chi connectivity index (χ3n) is 2.29. The third-order valence-corrected chi connectivity index (χ3v) is 2.29. The van der Waals surface area contributed by atoms with Gasteiger partial charge < -0.3 is 0 Å². The summed E-state index contributed by atoms with van der Waals surface area (Å²) < 4.78 is 15.3. The molecular weight excluding hydrogens is 213 g/mol. The quantitative estimate of drug-likeness (QED) is 0.756. The molecule has 0 saturated heterocycles. The molecule has 0 bridgehead atoms. The average molecular weight is 223 g/mol. The SMILES string of the molecule is Cc1ccc(-n2c(=O)[nH]n(C)c2=O)c(F)c1. The van der Waals surface area contributed by atoms with Crippen LogP contribution in [0, 0.1) is 12.7 Å². The molecule has 0 fully saturated rings. The molecule has 1 N–H and O–H groups in total. The van der Waals surface area contributed by atoms with E-state index in [1.807, 2.05) is 0 Å². The van der Waals surface area contributed by atoms with Gasteiger partial charge >= 0.3 is 11.4 Å². The molecule has 84 valence electrons. The molecule has 1 heterocycles. The first kappa shape index (κ1) is 10.4. The Balaban J connectivity index is 2.78. The summed E-state index contributed by atoms with van der Waals surface area (Å²) in [5.74, 6) is -0.598. The maximum Gasteiger partial charge on any atom is 0.351 e. The van der Waals surface area contributed by atoms with Crippen molar-refractivity contribution in [1.29, 1.82) is 0 Å². The monoisotopic (exact) mass is 223 g/mol. The number of halogens is 1. The summed E-state index contributed by atoms with van der Waals surface area (Å²) in [5, 5.41) is 2.26. The van der Waals surface area contributed by atoms with E-state index in [-0.39, 0.29) is 5.69 Å². The molecule has 0 unspecified atom stereocenters. The van der Waals surface area contributed by atoms with Crippen LogP contribution in [0.3, 0.4) is 0 Å². The minimum atomic E-state index is -0.657. The Hall–Kier alpha value is -2.11. The first-order valence-corrected chi connectivity index (χ1v) is 4.65. The van der Waals surface area contributed by atoms with Crippen molar-refractivity contribution in [3.8, 4) is 5.69 Å². The van der Waals surface area contributed by atoms with Gasteiger partial charge in [0.05, 0.1) is 5.69 Å². The van der Waals surface area contributed by atoms with Gasteiger partial charge in [0.1, 0.15) is 5.82 Å². The highest BCUT2D eigenvalue weighted by molar-refractivity contribution is 5.35. The number of aromatic amines is 1. The highest BCUT2D eigenvalue weighted by Crippen LogP contribution is 2.11. The van der Waals surface area contributed by atoms with Gasteiger partial charge in [-0.25, -0.2) is 28.3 Å². The lowest BCUT2D eigenvalue weighted by Crippen LogP contribution is -2.27. The maximum absolute atomic E-state index is 13.6. The lowest BCUT2D eigenvalue weighted by atomic mass is 10.2. The van der Waals surface area contributed by atoms with Crippen molar-refractivity contribution in [3.05, 3.63) is 50.5 Å². The summed E-state index contributed by atoms with van der Waals surface area (Å²) in [7, 11) is 1.40. The van der Waals surface area contributed by atoms with E-state index >= 15 is 0 Å². The smallest absolute Gasteiger partial charge is 0.246 e. The van der Waals surface area contributed by atoms with E-state index in [4.69, 9.17) is 0 Å². The minimum absolute atomic E-state index is 0.0440. The van der Waals surface area contributed by atoms with Crippen molar-refractivity contribution in [2.75, 3.05) is 0 Å². The fourth-order valence-electron chi connectivity index (χ4n) is 1.48. The Labute approximate surface area is 89.7 Å².